The van der Waals surface area contributed by atoms with Gasteiger partial charge in [0.15, 0.2) is 0 Å². The second-order valence-electron chi connectivity index (χ2n) is 5.52. The lowest BCUT2D eigenvalue weighted by molar-refractivity contribution is -0.137. The van der Waals surface area contributed by atoms with E-state index in [-0.39, 0.29) is 21.5 Å². The third-order valence-electron chi connectivity index (χ3n) is 3.40. The average Bonchev–Trinajstić information content (AvgIpc) is 2.48. The number of halogens is 4. The van der Waals surface area contributed by atoms with Gasteiger partial charge in [0.25, 0.3) is 10.0 Å². The normalized spacial score (nSPS) is 12.5. The second kappa shape index (κ2) is 6.64. The first-order chi connectivity index (χ1) is 11.0. The summed E-state index contributed by atoms with van der Waals surface area (Å²) < 4.78 is 65.1. The summed E-state index contributed by atoms with van der Waals surface area (Å²) in [6.45, 7) is 3.92. The Labute approximate surface area is 143 Å². The number of rotatable bonds is 4. The zero-order valence-electron chi connectivity index (χ0n) is 12.9. The molecule has 8 heteroatoms. The fourth-order valence-electron chi connectivity index (χ4n) is 2.02. The van der Waals surface area contributed by atoms with Crippen molar-refractivity contribution in [3.05, 3.63) is 58.6 Å². The first kappa shape index (κ1) is 18.6. The molecule has 0 bridgehead atoms. The summed E-state index contributed by atoms with van der Waals surface area (Å²) in [5.74, 6) is 0.229. The summed E-state index contributed by atoms with van der Waals surface area (Å²) in [6.07, 6.45) is -4.59. The maximum absolute atomic E-state index is 12.8. The lowest BCUT2D eigenvalue weighted by Crippen LogP contribution is -2.14. The summed E-state index contributed by atoms with van der Waals surface area (Å²) in [6, 6.07) is 8.59. The summed E-state index contributed by atoms with van der Waals surface area (Å²) in [4.78, 5) is -0.0552. The van der Waals surface area contributed by atoms with E-state index >= 15 is 0 Å². The molecule has 0 aliphatic rings. The minimum absolute atomic E-state index is 0.0552. The molecule has 2 rings (SSSR count). The van der Waals surface area contributed by atoms with Crippen LogP contribution in [-0.4, -0.2) is 8.42 Å². The van der Waals surface area contributed by atoms with Crippen molar-refractivity contribution in [3.63, 3.8) is 0 Å². The lowest BCUT2D eigenvalue weighted by atomic mass is 10.0. The monoisotopic (exact) mass is 377 g/mol. The summed E-state index contributed by atoms with van der Waals surface area (Å²) in [5, 5.41) is -0.120. The Balaban J connectivity index is 2.35. The summed E-state index contributed by atoms with van der Waals surface area (Å²) >= 11 is 5.81. The Morgan fingerprint density at radius 2 is 1.62 bits per heavy atom. The van der Waals surface area contributed by atoms with Gasteiger partial charge >= 0.3 is 6.18 Å². The van der Waals surface area contributed by atoms with Gasteiger partial charge in [-0.25, -0.2) is 8.42 Å². The van der Waals surface area contributed by atoms with Crippen molar-refractivity contribution in [2.75, 3.05) is 4.72 Å². The van der Waals surface area contributed by atoms with Crippen LogP contribution in [0.3, 0.4) is 0 Å². The molecular weight excluding hydrogens is 363 g/mol. The third kappa shape index (κ3) is 4.21. The number of hydrogen-bond acceptors (Lipinski definition) is 2. The highest BCUT2D eigenvalue weighted by Crippen LogP contribution is 2.34. The number of benzene rings is 2. The number of nitrogens with one attached hydrogen (secondary N) is 1. The van der Waals surface area contributed by atoms with Crippen molar-refractivity contribution >= 4 is 27.3 Å². The Morgan fingerprint density at radius 1 is 1.04 bits per heavy atom. The molecule has 3 nitrogen and oxygen atoms in total. The van der Waals surface area contributed by atoms with Crippen molar-refractivity contribution < 1.29 is 21.6 Å². The van der Waals surface area contributed by atoms with E-state index in [2.05, 4.69) is 4.72 Å². The van der Waals surface area contributed by atoms with Crippen LogP contribution in [0.1, 0.15) is 30.9 Å². The van der Waals surface area contributed by atoms with Gasteiger partial charge in [-0.3, -0.25) is 4.72 Å². The quantitative estimate of drug-likeness (QED) is 0.787. The van der Waals surface area contributed by atoms with Gasteiger partial charge < -0.3 is 0 Å². The van der Waals surface area contributed by atoms with Gasteiger partial charge in [-0.1, -0.05) is 37.6 Å². The van der Waals surface area contributed by atoms with E-state index in [0.717, 1.165) is 17.7 Å². The van der Waals surface area contributed by atoms with Crippen molar-refractivity contribution in [3.8, 4) is 0 Å². The molecule has 0 amide bonds. The molecule has 0 aliphatic heterocycles. The maximum Gasteiger partial charge on any atom is 0.416 e. The van der Waals surface area contributed by atoms with E-state index in [1.165, 1.54) is 12.1 Å². The average molecular weight is 378 g/mol. The zero-order valence-corrected chi connectivity index (χ0v) is 14.4. The fourth-order valence-corrected chi connectivity index (χ4v) is 3.31. The minimum Gasteiger partial charge on any atom is -0.278 e. The molecule has 0 radical (unpaired) electrons. The van der Waals surface area contributed by atoms with Crippen molar-refractivity contribution in [2.24, 2.45) is 0 Å². The van der Waals surface area contributed by atoms with Crippen LogP contribution in [0.25, 0.3) is 0 Å². The highest BCUT2D eigenvalue weighted by molar-refractivity contribution is 7.92. The minimum atomic E-state index is -4.59. The lowest BCUT2D eigenvalue weighted by Gasteiger charge is -2.13. The molecule has 2 aromatic rings. The van der Waals surface area contributed by atoms with Crippen LogP contribution in [0.2, 0.25) is 5.02 Å². The number of hydrogen-bond donors (Lipinski definition) is 1. The molecule has 0 spiro atoms. The van der Waals surface area contributed by atoms with Gasteiger partial charge in [-0.15, -0.1) is 0 Å². The number of sulfonamides is 1. The van der Waals surface area contributed by atoms with Gasteiger partial charge in [-0.2, -0.15) is 13.2 Å². The molecular formula is C16H15ClF3NO2S. The number of anilines is 1. The molecule has 0 atom stereocenters. The molecule has 0 heterocycles. The SMILES string of the molecule is CC(C)c1ccc(S(=O)(=O)Nc2cc(C(F)(F)F)ccc2Cl)cc1. The second-order valence-corrected chi connectivity index (χ2v) is 7.61. The van der Waals surface area contributed by atoms with E-state index in [9.17, 15) is 21.6 Å². The molecule has 24 heavy (non-hydrogen) atoms. The molecule has 1 N–H and O–H groups in total. The van der Waals surface area contributed by atoms with Crippen LogP contribution in [0.4, 0.5) is 18.9 Å². The van der Waals surface area contributed by atoms with E-state index in [4.69, 9.17) is 11.6 Å². The highest BCUT2D eigenvalue weighted by atomic mass is 35.5. The van der Waals surface area contributed by atoms with Crippen molar-refractivity contribution in [2.45, 2.75) is 30.8 Å². The topological polar surface area (TPSA) is 46.2 Å². The van der Waals surface area contributed by atoms with Crippen molar-refractivity contribution in [1.82, 2.24) is 0 Å². The standard InChI is InChI=1S/C16H15ClF3NO2S/c1-10(2)11-3-6-13(7-4-11)24(22,23)21-15-9-12(16(18,19)20)5-8-14(15)17/h3-10,21H,1-2H3. The molecule has 0 unspecified atom stereocenters. The van der Waals surface area contributed by atoms with Gasteiger partial charge in [0.05, 0.1) is 21.2 Å². The molecule has 0 aliphatic carbocycles. The van der Waals surface area contributed by atoms with Crippen molar-refractivity contribution in [1.29, 1.82) is 0 Å². The Hall–Kier alpha value is -1.73. The predicted molar refractivity (Wildman–Crippen MR) is 87.8 cm³/mol. The zero-order chi connectivity index (χ0) is 18.1. The first-order valence-electron chi connectivity index (χ1n) is 7.00. The molecule has 0 saturated carbocycles. The van der Waals surface area contributed by atoms with Gasteiger partial charge in [0.1, 0.15) is 0 Å². The van der Waals surface area contributed by atoms with Gasteiger partial charge in [0, 0.05) is 0 Å². The van der Waals surface area contributed by atoms with E-state index in [1.807, 2.05) is 13.8 Å². The largest absolute Gasteiger partial charge is 0.416 e. The molecule has 0 aromatic heterocycles. The predicted octanol–water partition coefficient (Wildman–Crippen LogP) is 5.28. The summed E-state index contributed by atoms with van der Waals surface area (Å²) in [7, 11) is -4.04. The summed E-state index contributed by atoms with van der Waals surface area (Å²) in [5.41, 5.74) is -0.356. The van der Waals surface area contributed by atoms with E-state index < -0.39 is 21.8 Å². The van der Waals surface area contributed by atoms with Gasteiger partial charge in [0.2, 0.25) is 0 Å². The molecule has 130 valence electrons. The molecule has 0 saturated heterocycles. The Kier molecular flexibility index (Phi) is 5.15. The molecule has 0 fully saturated rings. The van der Waals surface area contributed by atoms with Crippen LogP contribution < -0.4 is 4.72 Å². The molecule has 2 aromatic carbocycles. The number of alkyl halides is 3. The van der Waals surface area contributed by atoms with E-state index in [1.54, 1.807) is 12.1 Å². The van der Waals surface area contributed by atoms with Crippen LogP contribution in [-0.2, 0) is 16.2 Å². The van der Waals surface area contributed by atoms with Crippen LogP contribution in [0.5, 0.6) is 0 Å². The van der Waals surface area contributed by atoms with Gasteiger partial charge in [-0.05, 0) is 41.8 Å². The Bertz CT molecular complexity index is 831. The smallest absolute Gasteiger partial charge is 0.278 e. The fraction of sp³-hybridized carbons (Fsp3) is 0.250. The Morgan fingerprint density at radius 3 is 2.12 bits per heavy atom. The van der Waals surface area contributed by atoms with Crippen LogP contribution in [0.15, 0.2) is 47.4 Å². The maximum atomic E-state index is 12.8. The first-order valence-corrected chi connectivity index (χ1v) is 8.86. The van der Waals surface area contributed by atoms with Crippen LogP contribution >= 0.6 is 11.6 Å². The van der Waals surface area contributed by atoms with E-state index in [0.29, 0.717) is 6.07 Å². The highest BCUT2D eigenvalue weighted by Gasteiger charge is 2.31. The van der Waals surface area contributed by atoms with Crippen LogP contribution in [0, 0.1) is 0 Å². The third-order valence-corrected chi connectivity index (χ3v) is 5.11.